The van der Waals surface area contributed by atoms with Crippen molar-refractivity contribution in [3.05, 3.63) is 34.9 Å². The summed E-state index contributed by atoms with van der Waals surface area (Å²) in [6.45, 7) is 9.08. The Balaban J connectivity index is 1.54. The van der Waals surface area contributed by atoms with Gasteiger partial charge in [-0.25, -0.2) is 4.79 Å². The van der Waals surface area contributed by atoms with Crippen LogP contribution in [0.1, 0.15) is 58.9 Å². The molecule has 0 radical (unpaired) electrons. The molecule has 2 saturated heterocycles. The molecule has 1 N–H and O–H groups in total. The second kappa shape index (κ2) is 6.98. The van der Waals surface area contributed by atoms with E-state index in [9.17, 15) is 14.4 Å². The summed E-state index contributed by atoms with van der Waals surface area (Å²) in [5.74, 6) is -0.521. The number of hydrogen-bond donors (Lipinski definition) is 1. The van der Waals surface area contributed by atoms with Gasteiger partial charge in [0.05, 0.1) is 0 Å². The van der Waals surface area contributed by atoms with Crippen molar-refractivity contribution in [2.24, 2.45) is 10.8 Å². The number of nitrogens with zero attached hydrogens (tertiary/aromatic N) is 2. The van der Waals surface area contributed by atoms with Crippen LogP contribution in [-0.2, 0) is 15.1 Å². The summed E-state index contributed by atoms with van der Waals surface area (Å²) in [4.78, 5) is 42.3. The van der Waals surface area contributed by atoms with E-state index in [1.807, 2.05) is 11.8 Å². The molecule has 4 amide bonds. The van der Waals surface area contributed by atoms with Gasteiger partial charge < -0.3 is 10.2 Å². The summed E-state index contributed by atoms with van der Waals surface area (Å²) >= 11 is 5.98. The average molecular weight is 432 g/mol. The first-order chi connectivity index (χ1) is 14.0. The molecule has 7 heteroatoms. The number of amides is 4. The molecule has 4 rings (SSSR count). The van der Waals surface area contributed by atoms with Crippen LogP contribution in [0, 0.1) is 10.8 Å². The van der Waals surface area contributed by atoms with E-state index in [1.165, 1.54) is 0 Å². The highest BCUT2D eigenvalue weighted by atomic mass is 35.5. The van der Waals surface area contributed by atoms with Crippen molar-refractivity contribution in [1.82, 2.24) is 15.1 Å². The summed E-state index contributed by atoms with van der Waals surface area (Å²) in [5.41, 5.74) is -0.180. The number of likely N-dealkylation sites (tertiary alicyclic amines) is 1. The van der Waals surface area contributed by atoms with Gasteiger partial charge in [0.2, 0.25) is 5.91 Å². The fourth-order valence-corrected chi connectivity index (χ4v) is 6.25. The molecule has 162 valence electrons. The van der Waals surface area contributed by atoms with Crippen LogP contribution in [0.15, 0.2) is 24.3 Å². The minimum Gasteiger partial charge on any atom is -0.338 e. The number of carbonyl (C=O) groups is 3. The molecule has 3 unspecified atom stereocenters. The van der Waals surface area contributed by atoms with Crippen molar-refractivity contribution in [2.45, 2.75) is 65.0 Å². The topological polar surface area (TPSA) is 69.7 Å². The maximum absolute atomic E-state index is 13.3. The minimum atomic E-state index is -1.16. The molecule has 0 aromatic heterocycles. The molecular formula is C23H30ClN3O3. The van der Waals surface area contributed by atoms with E-state index in [4.69, 9.17) is 11.6 Å². The molecule has 2 bridgehead atoms. The Morgan fingerprint density at radius 3 is 2.47 bits per heavy atom. The van der Waals surface area contributed by atoms with Crippen LogP contribution >= 0.6 is 11.6 Å². The number of urea groups is 1. The highest BCUT2D eigenvalue weighted by Crippen LogP contribution is 2.52. The van der Waals surface area contributed by atoms with E-state index in [0.717, 1.165) is 24.2 Å². The third kappa shape index (κ3) is 3.39. The summed E-state index contributed by atoms with van der Waals surface area (Å²) in [7, 11) is 0. The molecule has 30 heavy (non-hydrogen) atoms. The second-order valence-corrected chi connectivity index (χ2v) is 10.8. The molecule has 3 aliphatic rings. The maximum Gasteiger partial charge on any atom is 0.325 e. The minimum absolute atomic E-state index is 0.107. The third-order valence-corrected chi connectivity index (χ3v) is 7.32. The first-order valence-corrected chi connectivity index (χ1v) is 11.1. The molecule has 1 aliphatic carbocycles. The molecule has 1 aromatic carbocycles. The number of carbonyl (C=O) groups excluding carboxylic acids is 3. The Morgan fingerprint density at radius 1 is 1.17 bits per heavy atom. The summed E-state index contributed by atoms with van der Waals surface area (Å²) < 4.78 is 0. The van der Waals surface area contributed by atoms with Gasteiger partial charge in [0, 0.05) is 17.6 Å². The quantitative estimate of drug-likeness (QED) is 0.734. The largest absolute Gasteiger partial charge is 0.338 e. The fourth-order valence-electron chi connectivity index (χ4n) is 6.12. The third-order valence-electron chi connectivity index (χ3n) is 7.07. The van der Waals surface area contributed by atoms with Gasteiger partial charge in [0.1, 0.15) is 12.1 Å². The molecule has 3 fully saturated rings. The maximum atomic E-state index is 13.3. The molecule has 6 nitrogen and oxygen atoms in total. The van der Waals surface area contributed by atoms with Gasteiger partial charge >= 0.3 is 6.03 Å². The zero-order chi connectivity index (χ0) is 21.9. The summed E-state index contributed by atoms with van der Waals surface area (Å²) in [6.07, 6.45) is 3.42. The van der Waals surface area contributed by atoms with Gasteiger partial charge in [-0.15, -0.1) is 0 Å². The summed E-state index contributed by atoms with van der Waals surface area (Å²) in [5, 5.41) is 3.40. The first-order valence-electron chi connectivity index (χ1n) is 10.7. The van der Waals surface area contributed by atoms with Gasteiger partial charge in [0.25, 0.3) is 5.91 Å². The van der Waals surface area contributed by atoms with Crippen molar-refractivity contribution in [3.63, 3.8) is 0 Å². The number of benzene rings is 1. The highest BCUT2D eigenvalue weighted by Gasteiger charge is 2.54. The number of fused-ring (bicyclic) bond motifs is 2. The Hall–Kier alpha value is -2.08. The fraction of sp³-hybridized carbons (Fsp3) is 0.609. The van der Waals surface area contributed by atoms with Crippen LogP contribution in [0.25, 0.3) is 0 Å². The lowest BCUT2D eigenvalue weighted by atomic mass is 9.65. The lowest BCUT2D eigenvalue weighted by Crippen LogP contribution is -2.46. The number of rotatable bonds is 4. The van der Waals surface area contributed by atoms with Crippen LogP contribution in [-0.4, -0.2) is 46.8 Å². The highest BCUT2D eigenvalue weighted by molar-refractivity contribution is 6.30. The van der Waals surface area contributed by atoms with E-state index >= 15 is 0 Å². The molecule has 1 saturated carbocycles. The smallest absolute Gasteiger partial charge is 0.325 e. The monoisotopic (exact) mass is 431 g/mol. The zero-order valence-electron chi connectivity index (χ0n) is 18.1. The van der Waals surface area contributed by atoms with Gasteiger partial charge in [-0.2, -0.15) is 0 Å². The van der Waals surface area contributed by atoms with Gasteiger partial charge in [-0.1, -0.05) is 51.4 Å². The molecule has 2 heterocycles. The lowest BCUT2D eigenvalue weighted by Gasteiger charge is -2.39. The van der Waals surface area contributed by atoms with Crippen LogP contribution in [0.5, 0.6) is 0 Å². The van der Waals surface area contributed by atoms with Gasteiger partial charge in [0.15, 0.2) is 0 Å². The summed E-state index contributed by atoms with van der Waals surface area (Å²) in [6, 6.07) is 6.57. The molecule has 2 aliphatic heterocycles. The van der Waals surface area contributed by atoms with Crippen molar-refractivity contribution in [2.75, 3.05) is 13.1 Å². The van der Waals surface area contributed by atoms with E-state index in [0.29, 0.717) is 23.6 Å². The molecular weight excluding hydrogens is 402 g/mol. The van der Waals surface area contributed by atoms with E-state index in [1.54, 1.807) is 24.3 Å². The van der Waals surface area contributed by atoms with E-state index < -0.39 is 11.6 Å². The standard InChI is InChI=1S/C23H30ClN3O3/c1-5-23(15-6-8-16(24)9-7-15)19(29)26(20(30)25-23)12-18(28)27-14-22(4)11-17(27)10-21(2,3)13-22/h6-9,17H,5,10-14H2,1-4H3,(H,25,30). The Bertz CT molecular complexity index is 899. The SMILES string of the molecule is CCC1(c2ccc(Cl)cc2)NC(=O)N(CC(=O)N2CC3(C)CC2CC(C)(C)C3)C1=O. The normalized spacial score (nSPS) is 32.5. The Labute approximate surface area is 182 Å². The first kappa shape index (κ1) is 21.2. The van der Waals surface area contributed by atoms with E-state index in [-0.39, 0.29) is 35.2 Å². The van der Waals surface area contributed by atoms with E-state index in [2.05, 4.69) is 26.1 Å². The van der Waals surface area contributed by atoms with Gasteiger partial charge in [-0.05, 0) is 54.2 Å². The van der Waals surface area contributed by atoms with Crippen molar-refractivity contribution in [1.29, 1.82) is 0 Å². The van der Waals surface area contributed by atoms with Crippen molar-refractivity contribution >= 4 is 29.4 Å². The lowest BCUT2D eigenvalue weighted by molar-refractivity contribution is -0.140. The number of halogens is 1. The average Bonchev–Trinajstić information content (AvgIpc) is 3.06. The zero-order valence-corrected chi connectivity index (χ0v) is 18.9. The number of hydrogen-bond acceptors (Lipinski definition) is 3. The predicted octanol–water partition coefficient (Wildman–Crippen LogP) is 3.92. The van der Waals surface area contributed by atoms with Crippen molar-refractivity contribution < 1.29 is 14.4 Å². The van der Waals surface area contributed by atoms with Crippen LogP contribution in [0.3, 0.4) is 0 Å². The van der Waals surface area contributed by atoms with Gasteiger partial charge in [-0.3, -0.25) is 14.5 Å². The van der Waals surface area contributed by atoms with Crippen LogP contribution < -0.4 is 5.32 Å². The van der Waals surface area contributed by atoms with Crippen LogP contribution in [0.2, 0.25) is 5.02 Å². The molecule has 1 aromatic rings. The number of imide groups is 1. The Kier molecular flexibility index (Phi) is 4.92. The second-order valence-electron chi connectivity index (χ2n) is 10.3. The Morgan fingerprint density at radius 2 is 1.83 bits per heavy atom. The molecule has 0 spiro atoms. The van der Waals surface area contributed by atoms with Crippen LogP contribution in [0.4, 0.5) is 4.79 Å². The van der Waals surface area contributed by atoms with Crippen molar-refractivity contribution in [3.8, 4) is 0 Å². The molecule has 3 atom stereocenters. The predicted molar refractivity (Wildman–Crippen MR) is 115 cm³/mol. The number of nitrogens with one attached hydrogen (secondary N) is 1.